The van der Waals surface area contributed by atoms with E-state index in [1.165, 1.54) is 68.3 Å². The van der Waals surface area contributed by atoms with Crippen LogP contribution in [0.15, 0.2) is 28.7 Å². The van der Waals surface area contributed by atoms with Crippen LogP contribution in [0.25, 0.3) is 0 Å². The van der Waals surface area contributed by atoms with Gasteiger partial charge in [0.2, 0.25) is 0 Å². The Kier molecular flexibility index (Phi) is 5.14. The topological polar surface area (TPSA) is 15.3 Å². The van der Waals surface area contributed by atoms with Gasteiger partial charge in [-0.15, -0.1) is 0 Å². The van der Waals surface area contributed by atoms with Crippen molar-refractivity contribution < 1.29 is 0 Å². The van der Waals surface area contributed by atoms with Crippen LogP contribution in [0.1, 0.15) is 43.6 Å². The van der Waals surface area contributed by atoms with Crippen molar-refractivity contribution in [3.63, 3.8) is 0 Å². The Morgan fingerprint density at radius 2 is 1.80 bits per heavy atom. The Morgan fingerprint density at radius 3 is 2.50 bits per heavy atom. The van der Waals surface area contributed by atoms with Crippen LogP contribution in [0.5, 0.6) is 0 Å². The molecule has 1 heterocycles. The third kappa shape index (κ3) is 3.84. The zero-order valence-corrected chi connectivity index (χ0v) is 13.7. The molecule has 0 spiro atoms. The second-order valence-electron chi connectivity index (χ2n) is 6.27. The van der Waals surface area contributed by atoms with E-state index in [1.54, 1.807) is 0 Å². The fourth-order valence-corrected chi connectivity index (χ4v) is 3.67. The number of nitrogens with zero attached hydrogens (tertiary/aromatic N) is 1. The zero-order valence-electron chi connectivity index (χ0n) is 12.2. The molecule has 0 bridgehead atoms. The van der Waals surface area contributed by atoms with E-state index < -0.39 is 0 Å². The van der Waals surface area contributed by atoms with Crippen LogP contribution >= 0.6 is 15.9 Å². The summed E-state index contributed by atoms with van der Waals surface area (Å²) in [6.07, 6.45) is 6.74. The quantitative estimate of drug-likeness (QED) is 0.795. The molecule has 2 fully saturated rings. The van der Waals surface area contributed by atoms with E-state index in [2.05, 4.69) is 50.4 Å². The first kappa shape index (κ1) is 14.6. The molecule has 0 atom stereocenters. The zero-order chi connectivity index (χ0) is 13.8. The minimum absolute atomic E-state index is 0.752. The third-order valence-electron chi connectivity index (χ3n) is 4.76. The van der Waals surface area contributed by atoms with E-state index in [9.17, 15) is 0 Å². The van der Waals surface area contributed by atoms with Gasteiger partial charge in [0.25, 0.3) is 0 Å². The van der Waals surface area contributed by atoms with Gasteiger partial charge in [-0.2, -0.15) is 0 Å². The van der Waals surface area contributed by atoms with E-state index in [1.807, 2.05) is 0 Å². The Bertz CT molecular complexity index is 406. The predicted molar refractivity (Wildman–Crippen MR) is 88.2 cm³/mol. The summed E-state index contributed by atoms with van der Waals surface area (Å²) in [7, 11) is 0. The van der Waals surface area contributed by atoms with E-state index in [0.717, 1.165) is 12.0 Å². The Labute approximate surface area is 131 Å². The summed E-state index contributed by atoms with van der Waals surface area (Å²) >= 11 is 3.50. The van der Waals surface area contributed by atoms with Gasteiger partial charge in [0.05, 0.1) is 0 Å². The van der Waals surface area contributed by atoms with Crippen molar-refractivity contribution in [3.8, 4) is 0 Å². The smallest absolute Gasteiger partial charge is 0.0175 e. The lowest BCUT2D eigenvalue weighted by molar-refractivity contribution is 0.277. The lowest BCUT2D eigenvalue weighted by Gasteiger charge is -2.36. The first-order valence-electron chi connectivity index (χ1n) is 8.02. The molecule has 1 aromatic carbocycles. The van der Waals surface area contributed by atoms with Crippen LogP contribution in [0.2, 0.25) is 0 Å². The van der Waals surface area contributed by atoms with E-state index in [4.69, 9.17) is 0 Å². The molecule has 1 saturated heterocycles. The van der Waals surface area contributed by atoms with Crippen LogP contribution in [0.3, 0.4) is 0 Å². The average Bonchev–Trinajstić information content (AvgIpc) is 2.91. The van der Waals surface area contributed by atoms with Crippen LogP contribution in [-0.4, -0.2) is 37.1 Å². The number of rotatable bonds is 6. The lowest BCUT2D eigenvalue weighted by Crippen LogP contribution is -2.41. The number of benzene rings is 1. The first-order valence-corrected chi connectivity index (χ1v) is 8.82. The van der Waals surface area contributed by atoms with Crippen molar-refractivity contribution in [3.05, 3.63) is 34.3 Å². The lowest BCUT2D eigenvalue weighted by atomic mass is 9.76. The normalized spacial score (nSPS) is 26.6. The molecule has 1 aliphatic carbocycles. The summed E-state index contributed by atoms with van der Waals surface area (Å²) in [6, 6.07) is 9.59. The molecule has 0 unspecified atom stereocenters. The Morgan fingerprint density at radius 1 is 1.10 bits per heavy atom. The van der Waals surface area contributed by atoms with Crippen LogP contribution in [0.4, 0.5) is 0 Å². The summed E-state index contributed by atoms with van der Waals surface area (Å²) in [5.41, 5.74) is 1.50. The highest BCUT2D eigenvalue weighted by Crippen LogP contribution is 2.37. The SMILES string of the molecule is Brc1ccc(C2CC(NCCCN3CCCC3)C2)cc1. The summed E-state index contributed by atoms with van der Waals surface area (Å²) < 4.78 is 1.18. The van der Waals surface area contributed by atoms with Gasteiger partial charge >= 0.3 is 0 Å². The maximum atomic E-state index is 3.72. The van der Waals surface area contributed by atoms with Crippen LogP contribution in [0, 0.1) is 0 Å². The standard InChI is InChI=1S/C17H25BrN2/c18-16-6-4-14(5-7-16)15-12-17(13-15)19-8-3-11-20-9-1-2-10-20/h4-7,15,17,19H,1-3,8-13H2. The Hall–Kier alpha value is -0.380. The molecule has 2 nitrogen and oxygen atoms in total. The van der Waals surface area contributed by atoms with Gasteiger partial charge in [-0.1, -0.05) is 28.1 Å². The molecule has 1 aromatic rings. The number of nitrogens with one attached hydrogen (secondary N) is 1. The maximum Gasteiger partial charge on any atom is 0.0175 e. The fourth-order valence-electron chi connectivity index (χ4n) is 3.41. The highest BCUT2D eigenvalue weighted by Gasteiger charge is 2.29. The molecule has 1 N–H and O–H groups in total. The van der Waals surface area contributed by atoms with Gasteiger partial charge in [-0.05, 0) is 81.9 Å². The third-order valence-corrected chi connectivity index (χ3v) is 5.29. The van der Waals surface area contributed by atoms with Crippen molar-refractivity contribution in [1.29, 1.82) is 0 Å². The monoisotopic (exact) mass is 336 g/mol. The van der Waals surface area contributed by atoms with Crippen molar-refractivity contribution in [2.24, 2.45) is 0 Å². The number of hydrogen-bond acceptors (Lipinski definition) is 2. The highest BCUT2D eigenvalue weighted by atomic mass is 79.9. The van der Waals surface area contributed by atoms with E-state index in [0.29, 0.717) is 0 Å². The van der Waals surface area contributed by atoms with Gasteiger partial charge in [0.1, 0.15) is 0 Å². The van der Waals surface area contributed by atoms with E-state index in [-0.39, 0.29) is 0 Å². The molecule has 0 aromatic heterocycles. The number of likely N-dealkylation sites (tertiary alicyclic amines) is 1. The summed E-state index contributed by atoms with van der Waals surface area (Å²) in [6.45, 7) is 5.13. The molecule has 20 heavy (non-hydrogen) atoms. The number of halogens is 1. The molecule has 3 rings (SSSR count). The molecular weight excluding hydrogens is 312 g/mol. The van der Waals surface area contributed by atoms with Crippen LogP contribution in [-0.2, 0) is 0 Å². The maximum absolute atomic E-state index is 3.72. The molecule has 110 valence electrons. The Balaban J connectivity index is 1.29. The van der Waals surface area contributed by atoms with Gasteiger partial charge in [0, 0.05) is 10.5 Å². The van der Waals surface area contributed by atoms with Crippen molar-refractivity contribution in [1.82, 2.24) is 10.2 Å². The molecule has 0 radical (unpaired) electrons. The summed E-state index contributed by atoms with van der Waals surface area (Å²) in [5.74, 6) is 0.777. The predicted octanol–water partition coefficient (Wildman–Crippen LogP) is 3.77. The van der Waals surface area contributed by atoms with Crippen LogP contribution < -0.4 is 5.32 Å². The molecule has 2 aliphatic rings. The molecule has 1 aliphatic heterocycles. The van der Waals surface area contributed by atoms with Crippen molar-refractivity contribution >= 4 is 15.9 Å². The minimum atomic E-state index is 0.752. The second-order valence-corrected chi connectivity index (χ2v) is 7.19. The molecule has 1 saturated carbocycles. The fraction of sp³-hybridized carbons (Fsp3) is 0.647. The van der Waals surface area contributed by atoms with Crippen molar-refractivity contribution in [2.75, 3.05) is 26.2 Å². The largest absolute Gasteiger partial charge is 0.314 e. The van der Waals surface area contributed by atoms with Crippen molar-refractivity contribution in [2.45, 2.75) is 44.1 Å². The first-order chi connectivity index (χ1) is 9.81. The molecule has 0 amide bonds. The van der Waals surface area contributed by atoms with Gasteiger partial charge in [0.15, 0.2) is 0 Å². The highest BCUT2D eigenvalue weighted by molar-refractivity contribution is 9.10. The summed E-state index contributed by atoms with van der Waals surface area (Å²) in [4.78, 5) is 2.60. The second kappa shape index (κ2) is 7.06. The molecular formula is C17H25BrN2. The molecule has 3 heteroatoms. The number of hydrogen-bond donors (Lipinski definition) is 1. The minimum Gasteiger partial charge on any atom is -0.314 e. The van der Waals surface area contributed by atoms with Gasteiger partial charge in [-0.3, -0.25) is 0 Å². The van der Waals surface area contributed by atoms with E-state index >= 15 is 0 Å². The van der Waals surface area contributed by atoms with Gasteiger partial charge in [-0.25, -0.2) is 0 Å². The average molecular weight is 337 g/mol. The van der Waals surface area contributed by atoms with Gasteiger partial charge < -0.3 is 10.2 Å². The summed E-state index contributed by atoms with van der Waals surface area (Å²) in [5, 5.41) is 3.72.